The number of carbonyl (C=O) groups excluding carboxylic acids is 1. The standard InChI is InChI=1S/C12H11F2N3O/c1-15-11(18)7-17-5-4-16-12(17)8-2-3-9(13)10(14)6-8/h2-6H,7H2,1H3,(H,15,18). The Kier molecular flexibility index (Phi) is 3.36. The van der Waals surface area contributed by atoms with E-state index in [1.165, 1.54) is 19.3 Å². The first-order valence-electron chi connectivity index (χ1n) is 5.29. The molecule has 0 fully saturated rings. The topological polar surface area (TPSA) is 46.9 Å². The number of nitrogens with one attached hydrogen (secondary N) is 1. The van der Waals surface area contributed by atoms with Gasteiger partial charge in [0, 0.05) is 25.0 Å². The lowest BCUT2D eigenvalue weighted by Gasteiger charge is -2.07. The van der Waals surface area contributed by atoms with Gasteiger partial charge in [-0.15, -0.1) is 0 Å². The van der Waals surface area contributed by atoms with Crippen molar-refractivity contribution in [3.05, 3.63) is 42.2 Å². The summed E-state index contributed by atoms with van der Waals surface area (Å²) in [6.07, 6.45) is 3.10. The molecule has 1 heterocycles. The molecule has 0 aliphatic rings. The van der Waals surface area contributed by atoms with Crippen molar-refractivity contribution in [2.75, 3.05) is 7.05 Å². The summed E-state index contributed by atoms with van der Waals surface area (Å²) in [5.41, 5.74) is 0.419. The van der Waals surface area contributed by atoms with Gasteiger partial charge in [-0.3, -0.25) is 4.79 Å². The SMILES string of the molecule is CNC(=O)Cn1ccnc1-c1ccc(F)c(F)c1. The van der Waals surface area contributed by atoms with Gasteiger partial charge < -0.3 is 9.88 Å². The van der Waals surface area contributed by atoms with E-state index in [1.54, 1.807) is 10.8 Å². The highest BCUT2D eigenvalue weighted by atomic mass is 19.2. The number of imidazole rings is 1. The fourth-order valence-corrected chi connectivity index (χ4v) is 1.57. The van der Waals surface area contributed by atoms with Crippen molar-refractivity contribution < 1.29 is 13.6 Å². The Hall–Kier alpha value is -2.24. The van der Waals surface area contributed by atoms with Crippen molar-refractivity contribution in [3.8, 4) is 11.4 Å². The molecule has 0 atom stereocenters. The first kappa shape index (κ1) is 12.2. The van der Waals surface area contributed by atoms with Gasteiger partial charge in [0.2, 0.25) is 5.91 Å². The van der Waals surface area contributed by atoms with Crippen LogP contribution < -0.4 is 5.32 Å². The van der Waals surface area contributed by atoms with Gasteiger partial charge in [0.05, 0.1) is 0 Å². The molecule has 0 bridgehead atoms. The maximum atomic E-state index is 13.1. The average Bonchev–Trinajstić information content (AvgIpc) is 2.80. The second-order valence-electron chi connectivity index (χ2n) is 3.68. The van der Waals surface area contributed by atoms with Crippen LogP contribution in [0.4, 0.5) is 8.78 Å². The van der Waals surface area contributed by atoms with Gasteiger partial charge >= 0.3 is 0 Å². The minimum Gasteiger partial charge on any atom is -0.358 e. The molecule has 1 amide bonds. The Morgan fingerprint density at radius 1 is 1.39 bits per heavy atom. The van der Waals surface area contributed by atoms with Gasteiger partial charge in [-0.25, -0.2) is 13.8 Å². The molecule has 4 nitrogen and oxygen atoms in total. The van der Waals surface area contributed by atoms with Gasteiger partial charge in [0.15, 0.2) is 11.6 Å². The van der Waals surface area contributed by atoms with E-state index in [-0.39, 0.29) is 12.5 Å². The third kappa shape index (κ3) is 2.37. The van der Waals surface area contributed by atoms with E-state index in [9.17, 15) is 13.6 Å². The van der Waals surface area contributed by atoms with Crippen molar-refractivity contribution in [3.63, 3.8) is 0 Å². The van der Waals surface area contributed by atoms with Crippen molar-refractivity contribution >= 4 is 5.91 Å². The summed E-state index contributed by atoms with van der Waals surface area (Å²) in [6.45, 7) is 0.0742. The Morgan fingerprint density at radius 3 is 2.83 bits per heavy atom. The largest absolute Gasteiger partial charge is 0.358 e. The van der Waals surface area contributed by atoms with Crippen LogP contribution in [0.25, 0.3) is 11.4 Å². The van der Waals surface area contributed by atoms with E-state index in [4.69, 9.17) is 0 Å². The van der Waals surface area contributed by atoms with Gasteiger partial charge in [0.1, 0.15) is 12.4 Å². The van der Waals surface area contributed by atoms with Crippen LogP contribution in [0.2, 0.25) is 0 Å². The second kappa shape index (κ2) is 4.95. The summed E-state index contributed by atoms with van der Waals surface area (Å²) >= 11 is 0. The number of benzene rings is 1. The van der Waals surface area contributed by atoms with Crippen molar-refractivity contribution in [1.29, 1.82) is 0 Å². The predicted octanol–water partition coefficient (Wildman–Crippen LogP) is 1.57. The first-order chi connectivity index (χ1) is 8.61. The molecular formula is C12H11F2N3O. The molecule has 2 aromatic rings. The van der Waals surface area contributed by atoms with E-state index in [1.807, 2.05) is 0 Å². The zero-order chi connectivity index (χ0) is 13.1. The first-order valence-corrected chi connectivity index (χ1v) is 5.29. The number of halogens is 2. The van der Waals surface area contributed by atoms with E-state index in [0.717, 1.165) is 12.1 Å². The molecule has 0 spiro atoms. The minimum absolute atomic E-state index is 0.0742. The molecule has 18 heavy (non-hydrogen) atoms. The van der Waals surface area contributed by atoms with Crippen LogP contribution in [0.5, 0.6) is 0 Å². The number of hydrogen-bond donors (Lipinski definition) is 1. The van der Waals surface area contributed by atoms with E-state index in [2.05, 4.69) is 10.3 Å². The molecule has 0 aliphatic carbocycles. The molecule has 0 saturated heterocycles. The van der Waals surface area contributed by atoms with Crippen LogP contribution in [0.15, 0.2) is 30.6 Å². The van der Waals surface area contributed by atoms with Crippen LogP contribution in [-0.2, 0) is 11.3 Å². The van der Waals surface area contributed by atoms with E-state index < -0.39 is 11.6 Å². The highest BCUT2D eigenvalue weighted by Crippen LogP contribution is 2.19. The predicted molar refractivity (Wildman–Crippen MR) is 61.6 cm³/mol. The van der Waals surface area contributed by atoms with Gasteiger partial charge in [-0.1, -0.05) is 0 Å². The number of carbonyl (C=O) groups is 1. The van der Waals surface area contributed by atoms with Gasteiger partial charge in [-0.05, 0) is 18.2 Å². The molecule has 1 aromatic heterocycles. The number of hydrogen-bond acceptors (Lipinski definition) is 2. The summed E-state index contributed by atoms with van der Waals surface area (Å²) in [4.78, 5) is 15.3. The molecule has 2 rings (SSSR count). The Bertz CT molecular complexity index is 580. The maximum absolute atomic E-state index is 13.1. The average molecular weight is 251 g/mol. The van der Waals surface area contributed by atoms with Gasteiger partial charge in [0.25, 0.3) is 0 Å². The van der Waals surface area contributed by atoms with Crippen molar-refractivity contribution in [2.24, 2.45) is 0 Å². The smallest absolute Gasteiger partial charge is 0.239 e. The lowest BCUT2D eigenvalue weighted by atomic mass is 10.2. The summed E-state index contributed by atoms with van der Waals surface area (Å²) in [5, 5.41) is 2.48. The van der Waals surface area contributed by atoms with Crippen LogP contribution in [0.1, 0.15) is 0 Å². The molecular weight excluding hydrogens is 240 g/mol. The summed E-state index contributed by atoms with van der Waals surface area (Å²) < 4.78 is 27.5. The monoisotopic (exact) mass is 251 g/mol. The summed E-state index contributed by atoms with van der Waals surface area (Å²) in [7, 11) is 1.52. The molecule has 6 heteroatoms. The number of likely N-dealkylation sites (N-methyl/N-ethyl adjacent to an activating group) is 1. The fraction of sp³-hybridized carbons (Fsp3) is 0.167. The molecule has 0 aliphatic heterocycles. The Morgan fingerprint density at radius 2 is 2.17 bits per heavy atom. The van der Waals surface area contributed by atoms with Crippen molar-refractivity contribution in [2.45, 2.75) is 6.54 Å². The molecule has 1 N–H and O–H groups in total. The molecule has 0 saturated carbocycles. The third-order valence-corrected chi connectivity index (χ3v) is 2.49. The maximum Gasteiger partial charge on any atom is 0.239 e. The zero-order valence-corrected chi connectivity index (χ0v) is 9.65. The molecule has 0 unspecified atom stereocenters. The number of rotatable bonds is 3. The summed E-state index contributed by atoms with van der Waals surface area (Å²) in [5.74, 6) is -1.64. The third-order valence-electron chi connectivity index (χ3n) is 2.49. The Balaban J connectivity index is 2.36. The minimum atomic E-state index is -0.943. The van der Waals surface area contributed by atoms with Crippen LogP contribution in [0.3, 0.4) is 0 Å². The van der Waals surface area contributed by atoms with Crippen LogP contribution >= 0.6 is 0 Å². The fourth-order valence-electron chi connectivity index (χ4n) is 1.57. The molecule has 94 valence electrons. The molecule has 1 aromatic carbocycles. The quantitative estimate of drug-likeness (QED) is 0.900. The van der Waals surface area contributed by atoms with Crippen LogP contribution in [0, 0.1) is 11.6 Å². The van der Waals surface area contributed by atoms with E-state index >= 15 is 0 Å². The molecule has 0 radical (unpaired) electrons. The van der Waals surface area contributed by atoms with Gasteiger partial charge in [-0.2, -0.15) is 0 Å². The van der Waals surface area contributed by atoms with Crippen molar-refractivity contribution in [1.82, 2.24) is 14.9 Å². The normalized spacial score (nSPS) is 10.4. The number of aromatic nitrogens is 2. The lowest BCUT2D eigenvalue weighted by molar-refractivity contribution is -0.121. The zero-order valence-electron chi connectivity index (χ0n) is 9.65. The Labute approximate surface area is 102 Å². The summed E-state index contributed by atoms with van der Waals surface area (Å²) in [6, 6.07) is 3.50. The van der Waals surface area contributed by atoms with E-state index in [0.29, 0.717) is 11.4 Å². The second-order valence-corrected chi connectivity index (χ2v) is 3.68. The lowest BCUT2D eigenvalue weighted by Crippen LogP contribution is -2.23. The van der Waals surface area contributed by atoms with Crippen LogP contribution in [-0.4, -0.2) is 22.5 Å². The number of amides is 1. The highest BCUT2D eigenvalue weighted by Gasteiger charge is 2.11. The highest BCUT2D eigenvalue weighted by molar-refractivity contribution is 5.76. The number of nitrogens with zero attached hydrogens (tertiary/aromatic N) is 2.